The van der Waals surface area contributed by atoms with Crippen molar-refractivity contribution < 1.29 is 24.5 Å². The van der Waals surface area contributed by atoms with E-state index in [9.17, 15) is 19.5 Å². The van der Waals surface area contributed by atoms with Crippen molar-refractivity contribution in [2.75, 3.05) is 13.2 Å². The molecule has 4 rings (SSSR count). The van der Waals surface area contributed by atoms with Gasteiger partial charge in [-0.05, 0) is 29.8 Å². The highest BCUT2D eigenvalue weighted by Crippen LogP contribution is 2.33. The number of amides is 1. The SMILES string of the molecule is Cn1c(=O)c(C(=O)NCC(=O)O)c(O)c2cc(-c3ccc4c(c3)CCO4)ncc21. The average molecular weight is 395 g/mol. The summed E-state index contributed by atoms with van der Waals surface area (Å²) in [6.45, 7) is -0.0418. The summed E-state index contributed by atoms with van der Waals surface area (Å²) >= 11 is 0. The molecule has 1 amide bonds. The second-order valence-electron chi connectivity index (χ2n) is 6.67. The maximum atomic E-state index is 12.5. The zero-order valence-electron chi connectivity index (χ0n) is 15.4. The summed E-state index contributed by atoms with van der Waals surface area (Å²) in [7, 11) is 1.45. The van der Waals surface area contributed by atoms with Gasteiger partial charge in [0.2, 0.25) is 0 Å². The van der Waals surface area contributed by atoms with Gasteiger partial charge in [-0.2, -0.15) is 0 Å². The topological polar surface area (TPSA) is 131 Å². The monoisotopic (exact) mass is 395 g/mol. The van der Waals surface area contributed by atoms with Gasteiger partial charge in [-0.3, -0.25) is 19.4 Å². The predicted octanol–water partition coefficient (Wildman–Crippen LogP) is 1.06. The number of carbonyl (C=O) groups excluding carboxylic acids is 1. The summed E-state index contributed by atoms with van der Waals surface area (Å²) in [6.07, 6.45) is 2.25. The van der Waals surface area contributed by atoms with E-state index < -0.39 is 35.3 Å². The largest absolute Gasteiger partial charge is 0.506 e. The van der Waals surface area contributed by atoms with Crippen molar-refractivity contribution in [2.45, 2.75) is 6.42 Å². The van der Waals surface area contributed by atoms with Gasteiger partial charge in [0, 0.05) is 24.4 Å². The van der Waals surface area contributed by atoms with Gasteiger partial charge in [0.1, 0.15) is 23.6 Å². The van der Waals surface area contributed by atoms with Gasteiger partial charge in [-0.25, -0.2) is 0 Å². The molecule has 29 heavy (non-hydrogen) atoms. The van der Waals surface area contributed by atoms with E-state index in [1.807, 2.05) is 18.2 Å². The Kier molecular flexibility index (Phi) is 4.42. The molecule has 1 aliphatic rings. The van der Waals surface area contributed by atoms with Crippen LogP contribution in [0.15, 0.2) is 35.3 Å². The fourth-order valence-electron chi connectivity index (χ4n) is 3.37. The molecule has 0 bridgehead atoms. The molecule has 9 heteroatoms. The molecular formula is C20H17N3O6. The molecule has 3 N–H and O–H groups in total. The third kappa shape index (κ3) is 3.16. The van der Waals surface area contributed by atoms with Crippen LogP contribution >= 0.6 is 0 Å². The Morgan fingerprint density at radius 1 is 1.31 bits per heavy atom. The molecule has 1 aromatic carbocycles. The van der Waals surface area contributed by atoms with Gasteiger partial charge < -0.3 is 24.8 Å². The van der Waals surface area contributed by atoms with Crippen LogP contribution in [0.2, 0.25) is 0 Å². The highest BCUT2D eigenvalue weighted by atomic mass is 16.5. The van der Waals surface area contributed by atoms with Crippen LogP contribution in [0.1, 0.15) is 15.9 Å². The number of pyridine rings is 2. The minimum atomic E-state index is -1.26. The number of aryl methyl sites for hydroxylation is 1. The Balaban J connectivity index is 1.84. The van der Waals surface area contributed by atoms with Crippen LogP contribution in [0.3, 0.4) is 0 Å². The first-order chi connectivity index (χ1) is 13.9. The van der Waals surface area contributed by atoms with Gasteiger partial charge in [0.05, 0.1) is 24.0 Å². The Hall–Kier alpha value is -3.88. The number of ether oxygens (including phenoxy) is 1. The molecule has 9 nitrogen and oxygen atoms in total. The molecule has 0 aliphatic carbocycles. The van der Waals surface area contributed by atoms with E-state index in [2.05, 4.69) is 10.3 Å². The first kappa shape index (κ1) is 18.5. The van der Waals surface area contributed by atoms with Gasteiger partial charge in [-0.1, -0.05) is 0 Å². The van der Waals surface area contributed by atoms with E-state index in [1.165, 1.54) is 17.8 Å². The molecule has 0 saturated heterocycles. The zero-order valence-corrected chi connectivity index (χ0v) is 15.4. The van der Waals surface area contributed by atoms with Crippen LogP contribution < -0.4 is 15.6 Å². The van der Waals surface area contributed by atoms with E-state index in [4.69, 9.17) is 9.84 Å². The number of hydrogen-bond acceptors (Lipinski definition) is 6. The summed E-state index contributed by atoms with van der Waals surface area (Å²) in [5, 5.41) is 21.7. The number of fused-ring (bicyclic) bond motifs is 2. The lowest BCUT2D eigenvalue weighted by Crippen LogP contribution is -2.35. The predicted molar refractivity (Wildman–Crippen MR) is 103 cm³/mol. The summed E-state index contributed by atoms with van der Waals surface area (Å²) in [6, 6.07) is 7.25. The molecule has 0 spiro atoms. The molecule has 148 valence electrons. The fraction of sp³-hybridized carbons (Fsp3) is 0.200. The van der Waals surface area contributed by atoms with Crippen LogP contribution in [-0.4, -0.2) is 44.8 Å². The van der Waals surface area contributed by atoms with E-state index in [0.717, 1.165) is 23.3 Å². The quantitative estimate of drug-likeness (QED) is 0.602. The molecule has 0 fully saturated rings. The number of carbonyl (C=O) groups is 2. The summed E-state index contributed by atoms with van der Waals surface area (Å²) in [5.74, 6) is -1.90. The van der Waals surface area contributed by atoms with Crippen LogP contribution in [0.5, 0.6) is 11.5 Å². The van der Waals surface area contributed by atoms with Gasteiger partial charge >= 0.3 is 5.97 Å². The zero-order chi connectivity index (χ0) is 20.7. The molecule has 0 saturated carbocycles. The molecule has 0 atom stereocenters. The van der Waals surface area contributed by atoms with Crippen molar-refractivity contribution in [2.24, 2.45) is 7.05 Å². The number of aromatic hydroxyl groups is 1. The number of nitrogens with one attached hydrogen (secondary N) is 1. The Morgan fingerprint density at radius 3 is 2.86 bits per heavy atom. The number of nitrogens with zero attached hydrogens (tertiary/aromatic N) is 2. The maximum Gasteiger partial charge on any atom is 0.322 e. The van der Waals surface area contributed by atoms with Gasteiger partial charge in [-0.15, -0.1) is 0 Å². The normalized spacial score (nSPS) is 12.4. The lowest BCUT2D eigenvalue weighted by atomic mass is 10.0. The van der Waals surface area contributed by atoms with Crippen LogP contribution in [0.4, 0.5) is 0 Å². The molecule has 1 aliphatic heterocycles. The second-order valence-corrected chi connectivity index (χ2v) is 6.67. The number of benzene rings is 1. The highest BCUT2D eigenvalue weighted by molar-refractivity contribution is 6.03. The molecule has 0 unspecified atom stereocenters. The van der Waals surface area contributed by atoms with Crippen molar-refractivity contribution in [3.8, 4) is 22.8 Å². The Morgan fingerprint density at radius 2 is 2.10 bits per heavy atom. The molecular weight excluding hydrogens is 378 g/mol. The van der Waals surface area contributed by atoms with E-state index in [-0.39, 0.29) is 5.39 Å². The van der Waals surface area contributed by atoms with Gasteiger partial charge in [0.25, 0.3) is 11.5 Å². The minimum absolute atomic E-state index is 0.259. The standard InChI is InChI=1S/C20H17N3O6/c1-23-14-8-21-13(10-2-3-15-11(6-10)4-5-29-15)7-12(14)18(26)17(20(23)28)19(27)22-9-16(24)25/h2-3,6-8,26H,4-5,9H2,1H3,(H,22,27)(H,24,25). The maximum absolute atomic E-state index is 12.5. The van der Waals surface area contributed by atoms with Crippen LogP contribution in [-0.2, 0) is 18.3 Å². The van der Waals surface area contributed by atoms with Crippen molar-refractivity contribution >= 4 is 22.8 Å². The van der Waals surface area contributed by atoms with Crippen molar-refractivity contribution in [1.29, 1.82) is 0 Å². The number of carboxylic acid groups (broad SMARTS) is 1. The van der Waals surface area contributed by atoms with Crippen molar-refractivity contribution in [1.82, 2.24) is 14.9 Å². The summed E-state index contributed by atoms with van der Waals surface area (Å²) in [4.78, 5) is 39.9. The first-order valence-corrected chi connectivity index (χ1v) is 8.84. The van der Waals surface area contributed by atoms with Crippen molar-refractivity contribution in [3.05, 3.63) is 51.9 Å². The number of aromatic nitrogens is 2. The minimum Gasteiger partial charge on any atom is -0.506 e. The fourth-order valence-corrected chi connectivity index (χ4v) is 3.37. The Bertz CT molecular complexity index is 1230. The number of aliphatic carboxylic acids is 1. The first-order valence-electron chi connectivity index (χ1n) is 8.84. The van der Waals surface area contributed by atoms with Gasteiger partial charge in [0.15, 0.2) is 0 Å². The van der Waals surface area contributed by atoms with E-state index in [0.29, 0.717) is 17.8 Å². The number of carboxylic acids is 1. The number of rotatable bonds is 4. The molecule has 2 aromatic heterocycles. The van der Waals surface area contributed by atoms with Crippen LogP contribution in [0.25, 0.3) is 22.2 Å². The van der Waals surface area contributed by atoms with E-state index >= 15 is 0 Å². The Labute approximate surface area is 164 Å². The third-order valence-electron chi connectivity index (χ3n) is 4.87. The smallest absolute Gasteiger partial charge is 0.322 e. The molecule has 3 heterocycles. The van der Waals surface area contributed by atoms with Crippen molar-refractivity contribution in [3.63, 3.8) is 0 Å². The third-order valence-corrected chi connectivity index (χ3v) is 4.87. The second kappa shape index (κ2) is 6.93. The lowest BCUT2D eigenvalue weighted by molar-refractivity contribution is -0.135. The lowest BCUT2D eigenvalue weighted by Gasteiger charge is -2.12. The summed E-state index contributed by atoms with van der Waals surface area (Å²) in [5.41, 5.74) is 1.50. The van der Waals surface area contributed by atoms with E-state index in [1.54, 1.807) is 6.07 Å². The highest BCUT2D eigenvalue weighted by Gasteiger charge is 2.22. The number of hydrogen-bond donors (Lipinski definition) is 3. The molecule has 3 aromatic rings. The average Bonchev–Trinajstić information content (AvgIpc) is 3.18. The molecule has 0 radical (unpaired) electrons. The summed E-state index contributed by atoms with van der Waals surface area (Å²) < 4.78 is 6.70. The van der Waals surface area contributed by atoms with Crippen LogP contribution in [0, 0.1) is 0 Å².